The normalized spacial score (nSPS) is 19.0. The standard InChI is InChI=1S/C17H27N3O2/c1-13-8-9-15(18-11-13)19(5)14-7-6-10-20(12-14)16(21)22-17(2,3)4/h8-9,11,14H,6-7,10,12H2,1-5H3. The van der Waals surface area contributed by atoms with Crippen molar-refractivity contribution >= 4 is 11.9 Å². The number of hydrogen-bond donors (Lipinski definition) is 0. The first-order valence-electron chi connectivity index (χ1n) is 7.90. The average Bonchev–Trinajstić information content (AvgIpc) is 2.46. The van der Waals surface area contributed by atoms with Gasteiger partial charge in [0, 0.05) is 32.4 Å². The lowest BCUT2D eigenvalue weighted by molar-refractivity contribution is 0.0199. The van der Waals surface area contributed by atoms with Crippen molar-refractivity contribution in [2.45, 2.75) is 52.2 Å². The number of nitrogens with zero attached hydrogens (tertiary/aromatic N) is 3. The summed E-state index contributed by atoms with van der Waals surface area (Å²) in [4.78, 5) is 20.7. The number of piperidine rings is 1. The molecule has 0 saturated carbocycles. The number of amides is 1. The molecule has 1 aliphatic rings. The van der Waals surface area contributed by atoms with E-state index in [1.54, 1.807) is 0 Å². The van der Waals surface area contributed by atoms with Gasteiger partial charge in [0.25, 0.3) is 0 Å². The summed E-state index contributed by atoms with van der Waals surface area (Å²) in [6, 6.07) is 4.37. The average molecular weight is 305 g/mol. The number of likely N-dealkylation sites (tertiary alicyclic amines) is 1. The summed E-state index contributed by atoms with van der Waals surface area (Å²) < 4.78 is 5.48. The topological polar surface area (TPSA) is 45.7 Å². The first kappa shape index (κ1) is 16.6. The quantitative estimate of drug-likeness (QED) is 0.841. The maximum absolute atomic E-state index is 12.2. The molecular weight excluding hydrogens is 278 g/mol. The Balaban J connectivity index is 2.00. The third-order valence-corrected chi connectivity index (χ3v) is 3.85. The number of aromatic nitrogens is 1. The van der Waals surface area contributed by atoms with Crippen LogP contribution in [0.2, 0.25) is 0 Å². The van der Waals surface area contributed by atoms with Crippen molar-refractivity contribution in [3.05, 3.63) is 23.9 Å². The molecule has 5 heteroatoms. The van der Waals surface area contributed by atoms with E-state index in [1.165, 1.54) is 0 Å². The Bertz CT molecular complexity index is 508. The van der Waals surface area contributed by atoms with E-state index in [9.17, 15) is 4.79 Å². The molecule has 0 radical (unpaired) electrons. The van der Waals surface area contributed by atoms with Crippen molar-refractivity contribution in [2.75, 3.05) is 25.0 Å². The first-order valence-corrected chi connectivity index (χ1v) is 7.90. The summed E-state index contributed by atoms with van der Waals surface area (Å²) in [5, 5.41) is 0. The van der Waals surface area contributed by atoms with Gasteiger partial charge in [-0.25, -0.2) is 9.78 Å². The molecule has 0 N–H and O–H groups in total. The number of carbonyl (C=O) groups excluding carboxylic acids is 1. The van der Waals surface area contributed by atoms with Crippen molar-refractivity contribution in [1.29, 1.82) is 0 Å². The molecule has 0 aromatic carbocycles. The fourth-order valence-electron chi connectivity index (χ4n) is 2.62. The van der Waals surface area contributed by atoms with E-state index in [0.717, 1.165) is 30.8 Å². The highest BCUT2D eigenvalue weighted by Crippen LogP contribution is 2.21. The van der Waals surface area contributed by atoms with Gasteiger partial charge in [-0.3, -0.25) is 0 Å². The molecule has 1 amide bonds. The number of aryl methyl sites for hydroxylation is 1. The molecule has 0 bridgehead atoms. The first-order chi connectivity index (χ1) is 10.3. The largest absolute Gasteiger partial charge is 0.444 e. The zero-order valence-corrected chi connectivity index (χ0v) is 14.3. The second-order valence-electron chi connectivity index (χ2n) is 7.03. The molecule has 1 aromatic rings. The minimum atomic E-state index is -0.450. The van der Waals surface area contributed by atoms with Crippen molar-refractivity contribution in [2.24, 2.45) is 0 Å². The van der Waals surface area contributed by atoms with E-state index >= 15 is 0 Å². The van der Waals surface area contributed by atoms with Gasteiger partial charge in [-0.2, -0.15) is 0 Å². The highest BCUT2D eigenvalue weighted by atomic mass is 16.6. The number of likely N-dealkylation sites (N-methyl/N-ethyl adjacent to an activating group) is 1. The number of rotatable bonds is 2. The molecule has 1 fully saturated rings. The van der Waals surface area contributed by atoms with E-state index < -0.39 is 5.60 Å². The molecule has 1 saturated heterocycles. The van der Waals surface area contributed by atoms with E-state index in [4.69, 9.17) is 4.74 Å². The van der Waals surface area contributed by atoms with Gasteiger partial charge >= 0.3 is 6.09 Å². The maximum atomic E-state index is 12.2. The molecule has 1 aromatic heterocycles. The fourth-order valence-corrected chi connectivity index (χ4v) is 2.62. The van der Waals surface area contributed by atoms with Crippen LogP contribution in [0.15, 0.2) is 18.3 Å². The molecule has 0 aliphatic carbocycles. The molecule has 5 nitrogen and oxygen atoms in total. The van der Waals surface area contributed by atoms with Gasteiger partial charge in [0.05, 0.1) is 0 Å². The van der Waals surface area contributed by atoms with Crippen LogP contribution in [0.4, 0.5) is 10.6 Å². The van der Waals surface area contributed by atoms with Crippen LogP contribution in [0.5, 0.6) is 0 Å². The van der Waals surface area contributed by atoms with Gasteiger partial charge in [0.1, 0.15) is 11.4 Å². The van der Waals surface area contributed by atoms with E-state index in [1.807, 2.05) is 51.9 Å². The van der Waals surface area contributed by atoms with E-state index in [2.05, 4.69) is 16.0 Å². The van der Waals surface area contributed by atoms with Gasteiger partial charge in [-0.05, 0) is 52.2 Å². The van der Waals surface area contributed by atoms with Gasteiger partial charge in [0.15, 0.2) is 0 Å². The number of ether oxygens (including phenoxy) is 1. The Morgan fingerprint density at radius 1 is 1.41 bits per heavy atom. The number of pyridine rings is 1. The molecule has 1 atom stereocenters. The van der Waals surface area contributed by atoms with Crippen LogP contribution in [0.1, 0.15) is 39.2 Å². The second kappa shape index (κ2) is 6.55. The lowest BCUT2D eigenvalue weighted by atomic mass is 10.0. The molecule has 2 heterocycles. The second-order valence-corrected chi connectivity index (χ2v) is 7.03. The molecule has 22 heavy (non-hydrogen) atoms. The van der Waals surface area contributed by atoms with Crippen molar-refractivity contribution in [3.8, 4) is 0 Å². The summed E-state index contributed by atoms with van der Waals surface area (Å²) in [5.74, 6) is 0.946. The van der Waals surface area contributed by atoms with Crippen LogP contribution in [-0.4, -0.2) is 47.8 Å². The summed E-state index contributed by atoms with van der Waals surface area (Å²) in [5.41, 5.74) is 0.699. The van der Waals surface area contributed by atoms with Crippen molar-refractivity contribution in [1.82, 2.24) is 9.88 Å². The summed E-state index contributed by atoms with van der Waals surface area (Å²) in [6.45, 7) is 9.17. The molecule has 122 valence electrons. The molecule has 1 unspecified atom stereocenters. The fraction of sp³-hybridized carbons (Fsp3) is 0.647. The third kappa shape index (κ3) is 4.36. The molecular formula is C17H27N3O2. The zero-order valence-electron chi connectivity index (χ0n) is 14.3. The van der Waals surface area contributed by atoms with E-state index in [-0.39, 0.29) is 12.1 Å². The SMILES string of the molecule is Cc1ccc(N(C)C2CCCN(C(=O)OC(C)(C)C)C2)nc1. The lowest BCUT2D eigenvalue weighted by Gasteiger charge is -2.38. The Morgan fingerprint density at radius 3 is 2.73 bits per heavy atom. The maximum Gasteiger partial charge on any atom is 0.410 e. The third-order valence-electron chi connectivity index (χ3n) is 3.85. The van der Waals surface area contributed by atoms with Crippen LogP contribution >= 0.6 is 0 Å². The molecule has 0 spiro atoms. The highest BCUT2D eigenvalue weighted by Gasteiger charge is 2.29. The number of hydrogen-bond acceptors (Lipinski definition) is 4. The minimum absolute atomic E-state index is 0.220. The Morgan fingerprint density at radius 2 is 2.14 bits per heavy atom. The minimum Gasteiger partial charge on any atom is -0.444 e. The monoisotopic (exact) mass is 305 g/mol. The lowest BCUT2D eigenvalue weighted by Crippen LogP contribution is -2.50. The highest BCUT2D eigenvalue weighted by molar-refractivity contribution is 5.68. The van der Waals surface area contributed by atoms with Gasteiger partial charge in [-0.1, -0.05) is 6.07 Å². The van der Waals surface area contributed by atoms with Crippen molar-refractivity contribution in [3.63, 3.8) is 0 Å². The predicted octanol–water partition coefficient (Wildman–Crippen LogP) is 3.23. The molecule has 2 rings (SSSR count). The summed E-state index contributed by atoms with van der Waals surface area (Å²) in [7, 11) is 2.04. The van der Waals surface area contributed by atoms with E-state index in [0.29, 0.717) is 6.54 Å². The zero-order chi connectivity index (χ0) is 16.3. The van der Waals surface area contributed by atoms with Gasteiger partial charge < -0.3 is 14.5 Å². The van der Waals surface area contributed by atoms with Gasteiger partial charge in [-0.15, -0.1) is 0 Å². The van der Waals surface area contributed by atoms with Crippen molar-refractivity contribution < 1.29 is 9.53 Å². The molecule has 1 aliphatic heterocycles. The van der Waals surface area contributed by atoms with Crippen LogP contribution in [0.3, 0.4) is 0 Å². The number of carbonyl (C=O) groups is 1. The van der Waals surface area contributed by atoms with Crippen LogP contribution < -0.4 is 4.90 Å². The smallest absolute Gasteiger partial charge is 0.410 e. The van der Waals surface area contributed by atoms with Crippen LogP contribution in [0, 0.1) is 6.92 Å². The predicted molar refractivity (Wildman–Crippen MR) is 88.2 cm³/mol. The number of anilines is 1. The summed E-state index contributed by atoms with van der Waals surface area (Å²) in [6.07, 6.45) is 3.70. The Hall–Kier alpha value is -1.78. The Labute approximate surface area is 133 Å². The summed E-state index contributed by atoms with van der Waals surface area (Å²) >= 11 is 0. The van der Waals surface area contributed by atoms with Gasteiger partial charge in [0.2, 0.25) is 0 Å². The van der Waals surface area contributed by atoms with Crippen LogP contribution in [-0.2, 0) is 4.74 Å². The Kier molecular flexibility index (Phi) is 4.94. The van der Waals surface area contributed by atoms with Crippen LogP contribution in [0.25, 0.3) is 0 Å².